The highest BCUT2D eigenvalue weighted by Gasteiger charge is 2.28. The summed E-state index contributed by atoms with van der Waals surface area (Å²) < 4.78 is 7.37. The Hall–Kier alpha value is -1.79. The number of aromatic nitrogens is 2. The molecule has 1 aromatic carbocycles. The van der Waals surface area contributed by atoms with Gasteiger partial charge >= 0.3 is 0 Å². The zero-order valence-corrected chi connectivity index (χ0v) is 17.2. The lowest BCUT2D eigenvalue weighted by Crippen LogP contribution is -2.42. The van der Waals surface area contributed by atoms with E-state index in [1.807, 2.05) is 24.2 Å². The lowest BCUT2D eigenvalue weighted by atomic mass is 9.95. The summed E-state index contributed by atoms with van der Waals surface area (Å²) in [6.45, 7) is 7.21. The summed E-state index contributed by atoms with van der Waals surface area (Å²) >= 11 is 1.64. The molecule has 1 aromatic heterocycles. The van der Waals surface area contributed by atoms with Gasteiger partial charge in [-0.25, -0.2) is 4.98 Å². The van der Waals surface area contributed by atoms with Gasteiger partial charge in [0.1, 0.15) is 5.82 Å². The average molecular weight is 388 g/mol. The predicted octanol–water partition coefficient (Wildman–Crippen LogP) is 3.72. The van der Waals surface area contributed by atoms with E-state index >= 15 is 0 Å². The molecule has 0 spiro atoms. The quantitative estimate of drug-likeness (QED) is 0.679. The molecule has 0 N–H and O–H groups in total. The topological polar surface area (TPSA) is 47.4 Å². The lowest BCUT2D eigenvalue weighted by Gasteiger charge is -2.33. The largest absolute Gasteiger partial charge is 0.383 e. The summed E-state index contributed by atoms with van der Waals surface area (Å²) in [6.07, 6.45) is 5.82. The Bertz CT molecular complexity index is 736. The number of imidazole rings is 1. The van der Waals surface area contributed by atoms with Gasteiger partial charge in [0.15, 0.2) is 0 Å². The summed E-state index contributed by atoms with van der Waals surface area (Å²) in [7, 11) is 1.72. The Labute approximate surface area is 166 Å². The monoisotopic (exact) mass is 387 g/mol. The highest BCUT2D eigenvalue weighted by atomic mass is 32.2. The molecule has 1 unspecified atom stereocenters. The lowest BCUT2D eigenvalue weighted by molar-refractivity contribution is -0.131. The number of hydrogen-bond acceptors (Lipinski definition) is 4. The fourth-order valence-electron chi connectivity index (χ4n) is 3.55. The van der Waals surface area contributed by atoms with Crippen LogP contribution < -0.4 is 0 Å². The van der Waals surface area contributed by atoms with Crippen molar-refractivity contribution in [3.63, 3.8) is 0 Å². The Kier molecular flexibility index (Phi) is 6.96. The number of methoxy groups -OCH3 is 1. The van der Waals surface area contributed by atoms with Crippen LogP contribution >= 0.6 is 11.8 Å². The Balaban J connectivity index is 1.53. The molecule has 27 heavy (non-hydrogen) atoms. The first-order chi connectivity index (χ1) is 13.1. The Morgan fingerprint density at radius 1 is 1.30 bits per heavy atom. The van der Waals surface area contributed by atoms with Crippen LogP contribution in [0.5, 0.6) is 0 Å². The van der Waals surface area contributed by atoms with Crippen LogP contribution in [-0.2, 0) is 16.1 Å². The molecule has 2 heterocycles. The van der Waals surface area contributed by atoms with Crippen LogP contribution in [0.25, 0.3) is 0 Å². The standard InChI is InChI=1S/C21H29N3O2S/c1-16-4-6-19(7-5-16)27-17(2)21(25)24-11-8-18(9-12-24)20-22-10-13-23(20)14-15-26-3/h4-7,10,13,17-18H,8-9,11-12,14-15H2,1-3H3. The maximum Gasteiger partial charge on any atom is 0.235 e. The van der Waals surface area contributed by atoms with Gasteiger partial charge in [-0.2, -0.15) is 0 Å². The van der Waals surface area contributed by atoms with E-state index in [9.17, 15) is 4.79 Å². The molecule has 146 valence electrons. The van der Waals surface area contributed by atoms with Crippen LogP contribution in [0.3, 0.4) is 0 Å². The van der Waals surface area contributed by atoms with Crippen molar-refractivity contribution in [2.24, 2.45) is 0 Å². The smallest absolute Gasteiger partial charge is 0.235 e. The van der Waals surface area contributed by atoms with Crippen LogP contribution in [0.15, 0.2) is 41.6 Å². The third kappa shape index (κ3) is 5.14. The molecule has 6 heteroatoms. The van der Waals surface area contributed by atoms with Crippen LogP contribution in [0.1, 0.15) is 37.1 Å². The second kappa shape index (κ2) is 9.42. The van der Waals surface area contributed by atoms with E-state index in [1.165, 1.54) is 5.56 Å². The molecule has 0 radical (unpaired) electrons. The van der Waals surface area contributed by atoms with E-state index in [0.717, 1.165) is 43.2 Å². The number of amides is 1. The first kappa shape index (κ1) is 20.0. The zero-order valence-electron chi connectivity index (χ0n) is 16.4. The molecule has 0 bridgehead atoms. The summed E-state index contributed by atoms with van der Waals surface area (Å²) in [5, 5.41) is -0.0621. The summed E-state index contributed by atoms with van der Waals surface area (Å²) in [6, 6.07) is 8.37. The molecule has 1 saturated heterocycles. The van der Waals surface area contributed by atoms with E-state index in [4.69, 9.17) is 4.74 Å². The van der Waals surface area contributed by atoms with Gasteiger partial charge in [-0.05, 0) is 38.8 Å². The molecule has 3 rings (SSSR count). The molecule has 5 nitrogen and oxygen atoms in total. The molecule has 1 aliphatic heterocycles. The molecule has 1 aliphatic rings. The fourth-order valence-corrected chi connectivity index (χ4v) is 4.50. The van der Waals surface area contributed by atoms with Gasteiger partial charge in [0.2, 0.25) is 5.91 Å². The van der Waals surface area contributed by atoms with Gasteiger partial charge < -0.3 is 14.2 Å². The maximum absolute atomic E-state index is 12.8. The van der Waals surface area contributed by atoms with Crippen molar-refractivity contribution in [3.8, 4) is 0 Å². The van der Waals surface area contributed by atoms with Gasteiger partial charge in [-0.3, -0.25) is 4.79 Å². The van der Waals surface area contributed by atoms with Crippen molar-refractivity contribution in [1.82, 2.24) is 14.5 Å². The third-order valence-electron chi connectivity index (χ3n) is 5.14. The fraction of sp³-hybridized carbons (Fsp3) is 0.524. The van der Waals surface area contributed by atoms with E-state index < -0.39 is 0 Å². The molecule has 1 amide bonds. The Morgan fingerprint density at radius 3 is 2.67 bits per heavy atom. The number of piperidine rings is 1. The molecule has 1 atom stereocenters. The summed E-state index contributed by atoms with van der Waals surface area (Å²) in [5.41, 5.74) is 1.24. The number of carbonyl (C=O) groups excluding carboxylic acids is 1. The second-order valence-electron chi connectivity index (χ2n) is 7.14. The van der Waals surface area contributed by atoms with Gasteiger partial charge in [-0.1, -0.05) is 17.7 Å². The number of ether oxygens (including phenoxy) is 1. The van der Waals surface area contributed by atoms with Crippen molar-refractivity contribution in [2.45, 2.75) is 49.3 Å². The number of thioether (sulfide) groups is 1. The number of carbonyl (C=O) groups is 1. The van der Waals surface area contributed by atoms with E-state index in [1.54, 1.807) is 18.9 Å². The second-order valence-corrected chi connectivity index (χ2v) is 8.56. The van der Waals surface area contributed by atoms with Crippen LogP contribution in [0.2, 0.25) is 0 Å². The number of rotatable bonds is 7. The minimum atomic E-state index is -0.0621. The summed E-state index contributed by atoms with van der Waals surface area (Å²) in [4.78, 5) is 20.6. The number of benzene rings is 1. The Morgan fingerprint density at radius 2 is 2.00 bits per heavy atom. The molecule has 2 aromatic rings. The van der Waals surface area contributed by atoms with Gasteiger partial charge in [0.25, 0.3) is 0 Å². The first-order valence-corrected chi connectivity index (χ1v) is 10.5. The SMILES string of the molecule is COCCn1ccnc1C1CCN(C(=O)C(C)Sc2ccc(C)cc2)CC1. The number of hydrogen-bond donors (Lipinski definition) is 0. The van der Waals surface area contributed by atoms with Crippen LogP contribution in [0.4, 0.5) is 0 Å². The molecule has 1 fully saturated rings. The number of nitrogens with zero attached hydrogens (tertiary/aromatic N) is 3. The van der Waals surface area contributed by atoms with E-state index in [0.29, 0.717) is 12.5 Å². The highest BCUT2D eigenvalue weighted by molar-refractivity contribution is 8.00. The molecule has 0 aliphatic carbocycles. The molecule has 0 saturated carbocycles. The van der Waals surface area contributed by atoms with Crippen molar-refractivity contribution in [1.29, 1.82) is 0 Å². The van der Waals surface area contributed by atoms with Gasteiger partial charge in [-0.15, -0.1) is 11.8 Å². The van der Waals surface area contributed by atoms with E-state index in [2.05, 4.69) is 40.7 Å². The number of aryl methyl sites for hydroxylation is 1. The van der Waals surface area contributed by atoms with Crippen LogP contribution in [-0.4, -0.2) is 52.4 Å². The van der Waals surface area contributed by atoms with Crippen LogP contribution in [0, 0.1) is 6.92 Å². The summed E-state index contributed by atoms with van der Waals surface area (Å²) in [5.74, 6) is 1.78. The molecular formula is C21H29N3O2S. The predicted molar refractivity (Wildman–Crippen MR) is 109 cm³/mol. The van der Waals surface area contributed by atoms with Gasteiger partial charge in [0, 0.05) is 50.0 Å². The van der Waals surface area contributed by atoms with Crippen molar-refractivity contribution in [2.75, 3.05) is 26.8 Å². The minimum absolute atomic E-state index is 0.0621. The highest BCUT2D eigenvalue weighted by Crippen LogP contribution is 2.30. The maximum atomic E-state index is 12.8. The minimum Gasteiger partial charge on any atom is -0.383 e. The molecular weight excluding hydrogens is 358 g/mol. The normalized spacial score (nSPS) is 16.5. The number of likely N-dealkylation sites (tertiary alicyclic amines) is 1. The van der Waals surface area contributed by atoms with Crippen molar-refractivity contribution >= 4 is 17.7 Å². The van der Waals surface area contributed by atoms with E-state index in [-0.39, 0.29) is 11.2 Å². The average Bonchev–Trinajstić information content (AvgIpc) is 3.16. The van der Waals surface area contributed by atoms with Crippen molar-refractivity contribution in [3.05, 3.63) is 48.0 Å². The van der Waals surface area contributed by atoms with Gasteiger partial charge in [0.05, 0.1) is 11.9 Å². The third-order valence-corrected chi connectivity index (χ3v) is 6.24. The first-order valence-electron chi connectivity index (χ1n) is 9.60. The van der Waals surface area contributed by atoms with Crippen molar-refractivity contribution < 1.29 is 9.53 Å². The zero-order chi connectivity index (χ0) is 19.2.